The van der Waals surface area contributed by atoms with Crippen LogP contribution in [0.25, 0.3) is 21.9 Å². The molecule has 0 radical (unpaired) electrons. The maximum absolute atomic E-state index is 14.4. The van der Waals surface area contributed by atoms with Crippen LogP contribution < -0.4 is 21.1 Å². The summed E-state index contributed by atoms with van der Waals surface area (Å²) >= 11 is 0. The molecule has 5 rings (SSSR count). The number of nitrogen functional groups attached to an aromatic ring is 1. The average molecular weight is 537 g/mol. The zero-order chi connectivity index (χ0) is 27.4. The molecule has 4 aromatic rings. The summed E-state index contributed by atoms with van der Waals surface area (Å²) in [6, 6.07) is 11.3. The standard InChI is InChI=1S/C29H37FN6O3/c1-3-4-21(9-11-37)33-28-27-26(34-29(31)35-28)23-14-20(30)6-7-24(23)36(27)16-19-13-18(5-8-25(19)38-2)15-32-22-10-12-39-17-22/h5-8,13-14,21-22,32,37H,3-4,9-12,15-17H2,1-2H3,(H3,31,33,34,35)/t21-,22-/m0/s1. The molecule has 0 spiro atoms. The summed E-state index contributed by atoms with van der Waals surface area (Å²) in [5.41, 5.74) is 10.4. The number of hydrogen-bond donors (Lipinski definition) is 4. The highest BCUT2D eigenvalue weighted by atomic mass is 19.1. The highest BCUT2D eigenvalue weighted by molar-refractivity contribution is 6.09. The minimum Gasteiger partial charge on any atom is -0.496 e. The van der Waals surface area contributed by atoms with Gasteiger partial charge in [0.2, 0.25) is 5.95 Å². The molecule has 9 nitrogen and oxygen atoms in total. The molecule has 0 amide bonds. The normalized spacial score (nSPS) is 16.3. The van der Waals surface area contributed by atoms with Gasteiger partial charge in [0.15, 0.2) is 5.82 Å². The second-order valence-corrected chi connectivity index (χ2v) is 10.1. The molecule has 3 heterocycles. The topological polar surface area (TPSA) is 119 Å². The fourth-order valence-corrected chi connectivity index (χ4v) is 5.41. The Bertz CT molecular complexity index is 1430. The number of nitrogens with two attached hydrogens (primary N) is 1. The van der Waals surface area contributed by atoms with Crippen molar-refractivity contribution in [2.45, 2.75) is 57.8 Å². The van der Waals surface area contributed by atoms with Crippen LogP contribution in [0.15, 0.2) is 36.4 Å². The second-order valence-electron chi connectivity index (χ2n) is 10.1. The molecule has 2 aromatic heterocycles. The van der Waals surface area contributed by atoms with Gasteiger partial charge in [0, 0.05) is 42.8 Å². The van der Waals surface area contributed by atoms with Crippen LogP contribution in [0.1, 0.15) is 43.7 Å². The molecule has 39 heavy (non-hydrogen) atoms. The van der Waals surface area contributed by atoms with E-state index in [0.717, 1.165) is 66.9 Å². The summed E-state index contributed by atoms with van der Waals surface area (Å²) in [5.74, 6) is 1.09. The van der Waals surface area contributed by atoms with Crippen LogP contribution in [-0.2, 0) is 17.8 Å². The Morgan fingerprint density at radius 3 is 2.85 bits per heavy atom. The summed E-state index contributed by atoms with van der Waals surface area (Å²) in [5, 5.41) is 17.4. The number of aliphatic hydroxyl groups is 1. The van der Waals surface area contributed by atoms with Crippen molar-refractivity contribution in [1.82, 2.24) is 19.9 Å². The lowest BCUT2D eigenvalue weighted by Gasteiger charge is -2.20. The maximum Gasteiger partial charge on any atom is 0.222 e. The lowest BCUT2D eigenvalue weighted by Crippen LogP contribution is -2.28. The number of methoxy groups -OCH3 is 1. The number of aromatic nitrogens is 3. The zero-order valence-electron chi connectivity index (χ0n) is 22.5. The number of aliphatic hydroxyl groups excluding tert-OH is 1. The van der Waals surface area contributed by atoms with Gasteiger partial charge in [-0.2, -0.15) is 4.98 Å². The van der Waals surface area contributed by atoms with Crippen molar-refractivity contribution in [3.05, 3.63) is 53.3 Å². The first-order valence-corrected chi connectivity index (χ1v) is 13.6. The fourth-order valence-electron chi connectivity index (χ4n) is 5.41. The van der Waals surface area contributed by atoms with Crippen LogP contribution in [0.4, 0.5) is 16.2 Å². The molecule has 0 unspecified atom stereocenters. The van der Waals surface area contributed by atoms with Crippen molar-refractivity contribution in [2.24, 2.45) is 0 Å². The first-order valence-electron chi connectivity index (χ1n) is 13.6. The molecule has 1 aliphatic heterocycles. The van der Waals surface area contributed by atoms with Gasteiger partial charge in [0.1, 0.15) is 22.6 Å². The van der Waals surface area contributed by atoms with Crippen LogP contribution in [-0.4, -0.2) is 58.7 Å². The van der Waals surface area contributed by atoms with Crippen molar-refractivity contribution in [3.8, 4) is 5.75 Å². The van der Waals surface area contributed by atoms with Gasteiger partial charge in [-0.3, -0.25) is 0 Å². The third-order valence-electron chi connectivity index (χ3n) is 7.33. The van der Waals surface area contributed by atoms with Gasteiger partial charge in [-0.1, -0.05) is 19.4 Å². The van der Waals surface area contributed by atoms with Gasteiger partial charge < -0.3 is 35.5 Å². The summed E-state index contributed by atoms with van der Waals surface area (Å²) in [6.07, 6.45) is 3.38. The number of hydrogen-bond acceptors (Lipinski definition) is 8. The van der Waals surface area contributed by atoms with E-state index < -0.39 is 0 Å². The quantitative estimate of drug-likeness (QED) is 0.213. The SMILES string of the molecule is CCC[C@@H](CCO)Nc1nc(N)nc2c3cc(F)ccc3n(Cc3cc(CN[C@H]4CCOC4)ccc3OC)c12. The summed E-state index contributed by atoms with van der Waals surface area (Å²) in [4.78, 5) is 9.10. The third-order valence-corrected chi connectivity index (χ3v) is 7.33. The number of benzene rings is 2. The first-order chi connectivity index (χ1) is 19.0. The Morgan fingerprint density at radius 1 is 1.23 bits per heavy atom. The van der Waals surface area contributed by atoms with Crippen molar-refractivity contribution in [1.29, 1.82) is 0 Å². The van der Waals surface area contributed by atoms with E-state index in [4.69, 9.17) is 15.2 Å². The van der Waals surface area contributed by atoms with E-state index in [1.165, 1.54) is 12.1 Å². The molecule has 2 atom stereocenters. The van der Waals surface area contributed by atoms with E-state index >= 15 is 0 Å². The molecule has 2 aromatic carbocycles. The Balaban J connectivity index is 1.60. The van der Waals surface area contributed by atoms with Gasteiger partial charge in [-0.25, -0.2) is 9.37 Å². The predicted molar refractivity (Wildman–Crippen MR) is 152 cm³/mol. The Morgan fingerprint density at radius 2 is 2.10 bits per heavy atom. The molecule has 5 N–H and O–H groups in total. The van der Waals surface area contributed by atoms with Gasteiger partial charge in [0.05, 0.1) is 25.8 Å². The molecular weight excluding hydrogens is 499 g/mol. The zero-order valence-corrected chi connectivity index (χ0v) is 22.5. The molecule has 0 saturated carbocycles. The molecule has 0 bridgehead atoms. The number of fused-ring (bicyclic) bond motifs is 3. The molecular formula is C29H37FN6O3. The monoisotopic (exact) mass is 536 g/mol. The number of nitrogens with one attached hydrogen (secondary N) is 2. The number of halogens is 1. The highest BCUT2D eigenvalue weighted by Gasteiger charge is 2.22. The lowest BCUT2D eigenvalue weighted by molar-refractivity contribution is 0.190. The Hall–Kier alpha value is -3.47. The second kappa shape index (κ2) is 12.1. The van der Waals surface area contributed by atoms with Crippen LogP contribution >= 0.6 is 0 Å². The van der Waals surface area contributed by atoms with Crippen molar-refractivity contribution >= 4 is 33.7 Å². The van der Waals surface area contributed by atoms with Crippen LogP contribution in [0.5, 0.6) is 5.75 Å². The van der Waals surface area contributed by atoms with E-state index in [1.54, 1.807) is 13.2 Å². The number of rotatable bonds is 12. The van der Waals surface area contributed by atoms with E-state index in [-0.39, 0.29) is 24.4 Å². The van der Waals surface area contributed by atoms with Crippen LogP contribution in [0.3, 0.4) is 0 Å². The van der Waals surface area contributed by atoms with Crippen molar-refractivity contribution in [3.63, 3.8) is 0 Å². The minimum absolute atomic E-state index is 0.00389. The average Bonchev–Trinajstić information content (AvgIpc) is 3.54. The van der Waals surface area contributed by atoms with Crippen LogP contribution in [0.2, 0.25) is 0 Å². The number of nitrogens with zero attached hydrogens (tertiary/aromatic N) is 3. The summed E-state index contributed by atoms with van der Waals surface area (Å²) < 4.78 is 27.8. The van der Waals surface area contributed by atoms with Gasteiger partial charge >= 0.3 is 0 Å². The third kappa shape index (κ3) is 5.93. The van der Waals surface area contributed by atoms with Gasteiger partial charge in [-0.15, -0.1) is 0 Å². The molecule has 1 saturated heterocycles. The molecule has 1 aliphatic rings. The van der Waals surface area contributed by atoms with Gasteiger partial charge in [0.25, 0.3) is 0 Å². The van der Waals surface area contributed by atoms with Crippen molar-refractivity contribution in [2.75, 3.05) is 38.0 Å². The molecule has 0 aliphatic carbocycles. The molecule has 10 heteroatoms. The lowest BCUT2D eigenvalue weighted by atomic mass is 10.1. The largest absolute Gasteiger partial charge is 0.496 e. The van der Waals surface area contributed by atoms with E-state index in [1.807, 2.05) is 6.07 Å². The number of ether oxygens (including phenoxy) is 2. The van der Waals surface area contributed by atoms with E-state index in [2.05, 4.69) is 44.2 Å². The van der Waals surface area contributed by atoms with E-state index in [0.29, 0.717) is 35.7 Å². The first kappa shape index (κ1) is 27.1. The number of anilines is 2. The van der Waals surface area contributed by atoms with Crippen LogP contribution in [0, 0.1) is 5.82 Å². The minimum atomic E-state index is -0.348. The Labute approximate surface area is 227 Å². The van der Waals surface area contributed by atoms with Crippen molar-refractivity contribution < 1.29 is 19.0 Å². The molecule has 208 valence electrons. The highest BCUT2D eigenvalue weighted by Crippen LogP contribution is 2.35. The summed E-state index contributed by atoms with van der Waals surface area (Å²) in [6.45, 7) is 4.85. The molecule has 1 fully saturated rings. The van der Waals surface area contributed by atoms with E-state index in [9.17, 15) is 9.50 Å². The smallest absolute Gasteiger partial charge is 0.222 e. The van der Waals surface area contributed by atoms with Gasteiger partial charge in [-0.05, 0) is 55.2 Å². The summed E-state index contributed by atoms with van der Waals surface area (Å²) in [7, 11) is 1.66. The predicted octanol–water partition coefficient (Wildman–Crippen LogP) is 4.20. The maximum atomic E-state index is 14.4. The Kier molecular flexibility index (Phi) is 8.44. The fraction of sp³-hybridized carbons (Fsp3) is 0.448.